The van der Waals surface area contributed by atoms with Crippen molar-refractivity contribution in [2.75, 3.05) is 18.1 Å². The van der Waals surface area contributed by atoms with E-state index in [4.69, 9.17) is 4.74 Å². The van der Waals surface area contributed by atoms with Gasteiger partial charge in [0.2, 0.25) is 0 Å². The Bertz CT molecular complexity index is 239. The fourth-order valence-electron chi connectivity index (χ4n) is 1.42. The molecule has 0 aromatic carbocycles. The van der Waals surface area contributed by atoms with E-state index in [2.05, 4.69) is 4.74 Å². The van der Waals surface area contributed by atoms with Gasteiger partial charge >= 0.3 is 0 Å². The van der Waals surface area contributed by atoms with E-state index in [0.29, 0.717) is 18.0 Å². The van der Waals surface area contributed by atoms with Crippen molar-refractivity contribution >= 4 is 18.2 Å². The maximum Gasteiger partial charge on any atom is 0.293 e. The van der Waals surface area contributed by atoms with Crippen LogP contribution in [0.3, 0.4) is 0 Å². The Balaban J connectivity index is 2.30. The molecule has 1 rings (SSSR count). The Morgan fingerprint density at radius 1 is 1.18 bits per heavy atom. The minimum absolute atomic E-state index is 0.241. The number of aliphatic hydroxyl groups is 4. The summed E-state index contributed by atoms with van der Waals surface area (Å²) < 4.78 is 9.42. The zero-order valence-electron chi connectivity index (χ0n) is 9.01. The van der Waals surface area contributed by atoms with Crippen LogP contribution >= 0.6 is 11.8 Å². The number of rotatable bonds is 6. The first-order valence-corrected chi connectivity index (χ1v) is 6.24. The molecule has 1 heterocycles. The molecule has 0 amide bonds. The lowest BCUT2D eigenvalue weighted by Crippen LogP contribution is -2.58. The van der Waals surface area contributed by atoms with Gasteiger partial charge in [0, 0.05) is 11.5 Å². The van der Waals surface area contributed by atoms with Gasteiger partial charge in [-0.05, 0) is 0 Å². The standard InChI is InChI=1S/C9H16O7S/c10-4-15-1-2-17-3-5-6(11)7(12)8(13)9(14)16-5/h4-9,11-14H,1-3H2. The summed E-state index contributed by atoms with van der Waals surface area (Å²) in [4.78, 5) is 9.85. The van der Waals surface area contributed by atoms with Crippen LogP contribution in [0.25, 0.3) is 0 Å². The molecule has 7 nitrogen and oxygen atoms in total. The molecule has 1 fully saturated rings. The smallest absolute Gasteiger partial charge is 0.293 e. The highest BCUT2D eigenvalue weighted by Gasteiger charge is 2.42. The van der Waals surface area contributed by atoms with Crippen molar-refractivity contribution in [2.45, 2.75) is 30.7 Å². The van der Waals surface area contributed by atoms with Crippen LogP contribution < -0.4 is 0 Å². The molecule has 17 heavy (non-hydrogen) atoms. The molecule has 0 saturated carbocycles. The topological polar surface area (TPSA) is 116 Å². The van der Waals surface area contributed by atoms with Gasteiger partial charge in [-0.1, -0.05) is 0 Å². The molecule has 0 bridgehead atoms. The second-order valence-corrected chi connectivity index (χ2v) is 4.73. The molecule has 4 N–H and O–H groups in total. The van der Waals surface area contributed by atoms with Crippen molar-refractivity contribution in [1.82, 2.24) is 0 Å². The molecule has 8 heteroatoms. The highest BCUT2D eigenvalue weighted by molar-refractivity contribution is 7.99. The maximum atomic E-state index is 9.85. The number of hydrogen-bond acceptors (Lipinski definition) is 8. The number of ether oxygens (including phenoxy) is 2. The van der Waals surface area contributed by atoms with E-state index in [1.54, 1.807) is 0 Å². The van der Waals surface area contributed by atoms with Gasteiger partial charge in [-0.2, -0.15) is 11.8 Å². The molecule has 0 spiro atoms. The van der Waals surface area contributed by atoms with E-state index in [-0.39, 0.29) is 6.61 Å². The summed E-state index contributed by atoms with van der Waals surface area (Å²) in [7, 11) is 0. The number of carbonyl (C=O) groups is 1. The molecule has 0 radical (unpaired) electrons. The molecule has 0 aromatic rings. The minimum atomic E-state index is -1.51. The van der Waals surface area contributed by atoms with Crippen LogP contribution in [-0.4, -0.2) is 75.7 Å². The van der Waals surface area contributed by atoms with Gasteiger partial charge in [-0.3, -0.25) is 4.79 Å². The van der Waals surface area contributed by atoms with Gasteiger partial charge in [-0.25, -0.2) is 0 Å². The van der Waals surface area contributed by atoms with Crippen molar-refractivity contribution in [3.05, 3.63) is 0 Å². The Labute approximate surface area is 102 Å². The summed E-state index contributed by atoms with van der Waals surface area (Å²) in [5.74, 6) is 0.824. The molecule has 5 atom stereocenters. The first-order chi connectivity index (χ1) is 8.07. The number of thioether (sulfide) groups is 1. The van der Waals surface area contributed by atoms with Gasteiger partial charge in [0.15, 0.2) is 6.29 Å². The summed E-state index contributed by atoms with van der Waals surface area (Å²) in [6.45, 7) is 0.584. The fourth-order valence-corrected chi connectivity index (χ4v) is 2.31. The normalized spacial score (nSPS) is 37.8. The van der Waals surface area contributed by atoms with Crippen molar-refractivity contribution < 1.29 is 34.7 Å². The molecule has 1 aliphatic rings. The zero-order chi connectivity index (χ0) is 12.8. The summed E-state index contributed by atoms with van der Waals surface area (Å²) in [6, 6.07) is 0. The second-order valence-electron chi connectivity index (χ2n) is 3.58. The van der Waals surface area contributed by atoms with E-state index in [0.717, 1.165) is 0 Å². The molecule has 5 unspecified atom stereocenters. The maximum absolute atomic E-state index is 9.85. The van der Waals surface area contributed by atoms with Crippen molar-refractivity contribution in [3.8, 4) is 0 Å². The Morgan fingerprint density at radius 2 is 1.88 bits per heavy atom. The predicted octanol–water partition coefficient (Wildman–Crippen LogP) is -2.31. The molecule has 0 aromatic heterocycles. The van der Waals surface area contributed by atoms with Crippen LogP contribution in [0.1, 0.15) is 0 Å². The first kappa shape index (κ1) is 14.7. The Morgan fingerprint density at radius 3 is 2.53 bits per heavy atom. The fraction of sp³-hybridized carbons (Fsp3) is 0.889. The molecular weight excluding hydrogens is 252 g/mol. The summed E-state index contributed by atoms with van der Waals surface area (Å²) >= 11 is 1.34. The monoisotopic (exact) mass is 268 g/mol. The summed E-state index contributed by atoms with van der Waals surface area (Å²) in [5, 5.41) is 37.5. The highest BCUT2D eigenvalue weighted by atomic mass is 32.2. The van der Waals surface area contributed by atoms with Crippen molar-refractivity contribution in [1.29, 1.82) is 0 Å². The molecule has 0 aliphatic carbocycles. The van der Waals surface area contributed by atoms with Gasteiger partial charge in [0.1, 0.15) is 24.9 Å². The predicted molar refractivity (Wildman–Crippen MR) is 58.2 cm³/mol. The van der Waals surface area contributed by atoms with E-state index in [9.17, 15) is 25.2 Å². The minimum Gasteiger partial charge on any atom is -0.467 e. The molecule has 100 valence electrons. The van der Waals surface area contributed by atoms with Gasteiger partial charge < -0.3 is 29.9 Å². The third kappa shape index (κ3) is 4.09. The van der Waals surface area contributed by atoms with Crippen LogP contribution in [0, 0.1) is 0 Å². The quantitative estimate of drug-likeness (QED) is 0.314. The number of aliphatic hydroxyl groups excluding tert-OH is 4. The van der Waals surface area contributed by atoms with Crippen LogP contribution in [0.5, 0.6) is 0 Å². The summed E-state index contributed by atoms with van der Waals surface area (Å²) in [6.07, 6.45) is -6.48. The lowest BCUT2D eigenvalue weighted by Gasteiger charge is -2.38. The van der Waals surface area contributed by atoms with E-state index in [1.165, 1.54) is 11.8 Å². The van der Waals surface area contributed by atoms with Crippen molar-refractivity contribution in [3.63, 3.8) is 0 Å². The van der Waals surface area contributed by atoms with E-state index >= 15 is 0 Å². The second kappa shape index (κ2) is 7.14. The van der Waals surface area contributed by atoms with E-state index < -0.39 is 30.7 Å². The lowest BCUT2D eigenvalue weighted by molar-refractivity contribution is -0.276. The Hall–Kier alpha value is -0.380. The van der Waals surface area contributed by atoms with Crippen molar-refractivity contribution in [2.24, 2.45) is 0 Å². The third-order valence-electron chi connectivity index (χ3n) is 2.38. The third-order valence-corrected chi connectivity index (χ3v) is 3.40. The average Bonchev–Trinajstić information content (AvgIpc) is 2.32. The largest absolute Gasteiger partial charge is 0.467 e. The van der Waals surface area contributed by atoms with Gasteiger partial charge in [0.25, 0.3) is 6.47 Å². The van der Waals surface area contributed by atoms with Crippen LogP contribution in [0.15, 0.2) is 0 Å². The SMILES string of the molecule is O=COCCSCC1OC(O)C(O)C(O)C1O. The van der Waals surface area contributed by atoms with E-state index in [1.807, 2.05) is 0 Å². The number of carbonyl (C=O) groups excluding carboxylic acids is 1. The van der Waals surface area contributed by atoms with Gasteiger partial charge in [-0.15, -0.1) is 0 Å². The average molecular weight is 268 g/mol. The highest BCUT2D eigenvalue weighted by Crippen LogP contribution is 2.22. The van der Waals surface area contributed by atoms with Crippen LogP contribution in [-0.2, 0) is 14.3 Å². The lowest BCUT2D eigenvalue weighted by atomic mass is 10.0. The number of hydrogen-bond donors (Lipinski definition) is 4. The van der Waals surface area contributed by atoms with Crippen LogP contribution in [0.2, 0.25) is 0 Å². The van der Waals surface area contributed by atoms with Crippen LogP contribution in [0.4, 0.5) is 0 Å². The molecule has 1 saturated heterocycles. The summed E-state index contributed by atoms with van der Waals surface area (Å²) in [5.41, 5.74) is 0. The molecular formula is C9H16O7S. The van der Waals surface area contributed by atoms with Gasteiger partial charge in [0.05, 0.1) is 6.10 Å². The Kier molecular flexibility index (Phi) is 6.17. The zero-order valence-corrected chi connectivity index (χ0v) is 9.82. The molecule has 1 aliphatic heterocycles. The first-order valence-electron chi connectivity index (χ1n) is 5.08.